The van der Waals surface area contributed by atoms with Crippen LogP contribution in [0.2, 0.25) is 0 Å². The lowest BCUT2D eigenvalue weighted by Crippen LogP contribution is -2.29. The van der Waals surface area contributed by atoms with Gasteiger partial charge in [0.1, 0.15) is 0 Å². The largest absolute Gasteiger partial charge is 0.343 e. The highest BCUT2D eigenvalue weighted by Crippen LogP contribution is 2.11. The van der Waals surface area contributed by atoms with Crippen molar-refractivity contribution in [3.05, 3.63) is 30.3 Å². The van der Waals surface area contributed by atoms with E-state index >= 15 is 0 Å². The summed E-state index contributed by atoms with van der Waals surface area (Å²) in [6, 6.07) is 9.64. The summed E-state index contributed by atoms with van der Waals surface area (Å²) in [5.41, 5.74) is 0.948. The molecule has 2 rings (SSSR count). The minimum absolute atomic E-state index is 0.140. The highest BCUT2D eigenvalue weighted by Gasteiger charge is 2.15. The fourth-order valence-electron chi connectivity index (χ4n) is 3.02. The molecular weight excluding hydrogens is 426 g/mol. The van der Waals surface area contributed by atoms with Crippen LogP contribution in [0.5, 0.6) is 0 Å². The molecular formula is C28H53N3O3. The fraction of sp³-hybridized carbons (Fsp3) is 0.679. The zero-order chi connectivity index (χ0) is 26.9. The van der Waals surface area contributed by atoms with Crippen LogP contribution in [0.15, 0.2) is 30.3 Å². The van der Waals surface area contributed by atoms with Crippen LogP contribution in [0, 0.1) is 0 Å². The lowest BCUT2D eigenvalue weighted by molar-refractivity contribution is -0.130. The first-order valence-electron chi connectivity index (χ1n) is 13.2. The number of hydrogen-bond donors (Lipinski definition) is 0. The van der Waals surface area contributed by atoms with Gasteiger partial charge in [-0.3, -0.25) is 14.4 Å². The highest BCUT2D eigenvalue weighted by atomic mass is 16.2. The number of hydrogen-bond acceptors (Lipinski definition) is 3. The molecule has 0 radical (unpaired) electrons. The van der Waals surface area contributed by atoms with Crippen LogP contribution in [-0.4, -0.2) is 60.7 Å². The van der Waals surface area contributed by atoms with Gasteiger partial charge in [0.05, 0.1) is 0 Å². The SMILES string of the molecule is CC.CC.CCC(=O)N(C)c1ccccc1.CCC(=O)N(CC)CC.CCC(=O)N1CCCC1. The minimum Gasteiger partial charge on any atom is -0.343 e. The van der Waals surface area contributed by atoms with Crippen molar-refractivity contribution in [1.29, 1.82) is 0 Å². The molecule has 6 nitrogen and oxygen atoms in total. The van der Waals surface area contributed by atoms with E-state index in [1.165, 1.54) is 12.8 Å². The van der Waals surface area contributed by atoms with E-state index < -0.39 is 0 Å². The summed E-state index contributed by atoms with van der Waals surface area (Å²) in [6.07, 6.45) is 4.24. The van der Waals surface area contributed by atoms with Crippen LogP contribution < -0.4 is 4.90 Å². The Balaban J connectivity index is -0.000000399. The molecule has 0 N–H and O–H groups in total. The Morgan fingerprint density at radius 1 is 0.735 bits per heavy atom. The number of amides is 3. The summed E-state index contributed by atoms with van der Waals surface area (Å²) in [5, 5.41) is 0. The van der Waals surface area contributed by atoms with E-state index in [1.807, 2.05) is 102 Å². The van der Waals surface area contributed by atoms with Gasteiger partial charge in [-0.2, -0.15) is 0 Å². The quantitative estimate of drug-likeness (QED) is 0.474. The molecule has 1 heterocycles. The molecule has 1 aliphatic rings. The van der Waals surface area contributed by atoms with E-state index in [4.69, 9.17) is 0 Å². The van der Waals surface area contributed by atoms with Gasteiger partial charge in [-0.25, -0.2) is 0 Å². The molecule has 0 atom stereocenters. The first-order chi connectivity index (χ1) is 16.4. The third-order valence-electron chi connectivity index (χ3n) is 5.00. The molecule has 0 unspecified atom stereocenters. The number of carbonyl (C=O) groups excluding carboxylic acids is 3. The number of nitrogens with zero attached hydrogens (tertiary/aromatic N) is 3. The van der Waals surface area contributed by atoms with Crippen molar-refractivity contribution in [2.45, 2.75) is 94.4 Å². The molecule has 198 valence electrons. The number of rotatable bonds is 6. The highest BCUT2D eigenvalue weighted by molar-refractivity contribution is 5.92. The molecule has 1 aromatic rings. The van der Waals surface area contributed by atoms with E-state index in [9.17, 15) is 14.4 Å². The standard InChI is InChI=1S/C10H13NO.C7H13NO.C7H15NO.2C2H6/c1-3-10(12)11(2)9-7-5-4-6-8-9;1-2-7(9)8-5-3-4-6-8;1-4-7(9)8(5-2)6-3;2*1-2/h4-8H,3H2,1-2H3;2-6H2,1H3;4-6H2,1-3H3;2*1-2H3. The van der Waals surface area contributed by atoms with Gasteiger partial charge in [0.15, 0.2) is 0 Å². The first kappa shape index (κ1) is 36.2. The fourth-order valence-corrected chi connectivity index (χ4v) is 3.02. The second-order valence-electron chi connectivity index (χ2n) is 7.00. The molecule has 0 bridgehead atoms. The number of benzene rings is 1. The molecule has 3 amide bonds. The summed E-state index contributed by atoms with van der Waals surface area (Å²) in [7, 11) is 1.79. The van der Waals surface area contributed by atoms with Gasteiger partial charge in [0.25, 0.3) is 0 Å². The molecule has 1 aliphatic heterocycles. The van der Waals surface area contributed by atoms with Gasteiger partial charge in [0, 0.05) is 58.2 Å². The second-order valence-corrected chi connectivity index (χ2v) is 7.00. The molecule has 0 aromatic heterocycles. The Morgan fingerprint density at radius 3 is 1.50 bits per heavy atom. The Labute approximate surface area is 210 Å². The van der Waals surface area contributed by atoms with Gasteiger partial charge in [-0.05, 0) is 38.8 Å². The Morgan fingerprint density at radius 2 is 1.18 bits per heavy atom. The second kappa shape index (κ2) is 25.3. The molecule has 34 heavy (non-hydrogen) atoms. The summed E-state index contributed by atoms with van der Waals surface area (Å²) in [6.45, 7) is 21.3. The maximum atomic E-state index is 11.2. The first-order valence-corrected chi connectivity index (χ1v) is 13.2. The zero-order valence-electron chi connectivity index (χ0n) is 23.8. The molecule has 0 saturated carbocycles. The predicted molar refractivity (Wildman–Crippen MR) is 147 cm³/mol. The third kappa shape index (κ3) is 16.3. The average molecular weight is 480 g/mol. The molecule has 6 heteroatoms. The van der Waals surface area contributed by atoms with Crippen LogP contribution >= 0.6 is 0 Å². The Hall–Kier alpha value is -2.37. The molecule has 1 saturated heterocycles. The van der Waals surface area contributed by atoms with Crippen molar-refractivity contribution in [3.63, 3.8) is 0 Å². The van der Waals surface area contributed by atoms with Crippen LogP contribution in [0.25, 0.3) is 0 Å². The van der Waals surface area contributed by atoms with Gasteiger partial charge in [-0.1, -0.05) is 66.7 Å². The van der Waals surface area contributed by atoms with Crippen molar-refractivity contribution < 1.29 is 14.4 Å². The summed E-state index contributed by atoms with van der Waals surface area (Å²) < 4.78 is 0. The molecule has 1 aromatic carbocycles. The maximum Gasteiger partial charge on any atom is 0.226 e. The minimum atomic E-state index is 0.140. The maximum absolute atomic E-state index is 11.2. The Kier molecular flexibility index (Phi) is 26.9. The van der Waals surface area contributed by atoms with E-state index in [-0.39, 0.29) is 11.8 Å². The van der Waals surface area contributed by atoms with Crippen molar-refractivity contribution in [2.75, 3.05) is 38.1 Å². The van der Waals surface area contributed by atoms with Gasteiger partial charge < -0.3 is 14.7 Å². The molecule has 1 fully saturated rings. The topological polar surface area (TPSA) is 60.9 Å². The third-order valence-corrected chi connectivity index (χ3v) is 5.00. The lowest BCUT2D eigenvalue weighted by atomic mass is 10.3. The predicted octanol–water partition coefficient (Wildman–Crippen LogP) is 6.40. The van der Waals surface area contributed by atoms with E-state index in [1.54, 1.807) is 11.9 Å². The summed E-state index contributed by atoms with van der Waals surface area (Å²) in [5.74, 6) is 0.703. The average Bonchev–Trinajstić information content (AvgIpc) is 3.46. The zero-order valence-corrected chi connectivity index (χ0v) is 23.8. The number of anilines is 1. The van der Waals surface area contributed by atoms with Crippen molar-refractivity contribution in [2.24, 2.45) is 0 Å². The lowest BCUT2D eigenvalue weighted by Gasteiger charge is -2.16. The molecule has 0 aliphatic carbocycles. The number of likely N-dealkylation sites (tertiary alicyclic amines) is 1. The number of carbonyl (C=O) groups is 3. The Bertz CT molecular complexity index is 597. The summed E-state index contributed by atoms with van der Waals surface area (Å²) >= 11 is 0. The van der Waals surface area contributed by atoms with Crippen molar-refractivity contribution >= 4 is 23.4 Å². The van der Waals surface area contributed by atoms with Crippen molar-refractivity contribution in [3.8, 4) is 0 Å². The van der Waals surface area contributed by atoms with Crippen molar-refractivity contribution in [1.82, 2.24) is 9.80 Å². The molecule has 0 spiro atoms. The van der Waals surface area contributed by atoms with Crippen LogP contribution in [0.3, 0.4) is 0 Å². The van der Waals surface area contributed by atoms with Gasteiger partial charge in [0.2, 0.25) is 17.7 Å². The number of para-hydroxylation sites is 1. The van der Waals surface area contributed by atoms with Gasteiger partial charge >= 0.3 is 0 Å². The van der Waals surface area contributed by atoms with Crippen LogP contribution in [0.1, 0.15) is 94.4 Å². The van der Waals surface area contributed by atoms with Crippen LogP contribution in [0.4, 0.5) is 5.69 Å². The summed E-state index contributed by atoms with van der Waals surface area (Å²) in [4.78, 5) is 38.5. The van der Waals surface area contributed by atoms with E-state index in [2.05, 4.69) is 0 Å². The van der Waals surface area contributed by atoms with Gasteiger partial charge in [-0.15, -0.1) is 0 Å². The smallest absolute Gasteiger partial charge is 0.226 e. The van der Waals surface area contributed by atoms with E-state index in [0.717, 1.165) is 31.9 Å². The monoisotopic (exact) mass is 479 g/mol. The van der Waals surface area contributed by atoms with Crippen LogP contribution in [-0.2, 0) is 14.4 Å². The normalized spacial score (nSPS) is 11.1. The van der Waals surface area contributed by atoms with E-state index in [0.29, 0.717) is 25.2 Å².